The largest absolute Gasteiger partial charge is 0.780 e. The quantitative estimate of drug-likeness (QED) is 0.467. The van der Waals surface area contributed by atoms with Crippen LogP contribution in [0.3, 0.4) is 0 Å². The first kappa shape index (κ1) is 8.01. The number of esters is 1. The van der Waals surface area contributed by atoms with Crippen LogP contribution in [0.25, 0.3) is 0 Å². The average Bonchev–Trinajstić information content (AvgIpc) is 2.03. The lowest BCUT2D eigenvalue weighted by atomic mass is 10.2. The maximum atomic E-state index is 10.9. The van der Waals surface area contributed by atoms with Gasteiger partial charge in [0.05, 0.1) is 12.7 Å². The third-order valence-electron chi connectivity index (χ3n) is 1.26. The van der Waals surface area contributed by atoms with Crippen molar-refractivity contribution in [1.29, 1.82) is 0 Å². The molecule has 0 N–H and O–H groups in total. The number of ether oxygens (including phenoxy) is 1. The van der Waals surface area contributed by atoms with Gasteiger partial charge in [0.25, 0.3) is 0 Å². The fourth-order valence-corrected chi connectivity index (χ4v) is 0.946. The smallest absolute Gasteiger partial charge is 0.337 e. The summed E-state index contributed by atoms with van der Waals surface area (Å²) in [5.74, 6) is -0.350. The van der Waals surface area contributed by atoms with E-state index in [-0.39, 0.29) is 5.97 Å². The van der Waals surface area contributed by atoms with Crippen LogP contribution in [0.2, 0.25) is 0 Å². The van der Waals surface area contributed by atoms with Crippen LogP contribution in [0.5, 0.6) is 0 Å². The fourth-order valence-electron chi connectivity index (χ4n) is 0.741. The zero-order valence-corrected chi connectivity index (χ0v) is 6.85. The third kappa shape index (κ3) is 1.91. The van der Waals surface area contributed by atoms with Crippen molar-refractivity contribution in [3.8, 4) is 0 Å². The molecule has 2 nitrogen and oxygen atoms in total. The average molecular weight is 167 g/mol. The van der Waals surface area contributed by atoms with E-state index in [0.717, 1.165) is 0 Å². The standard InChI is InChI=1S/C8H8O2S/c1-10-8(9)6-3-2-4-7(11)5-6/h2-5,11H,1H3/p-1. The molecule has 58 valence electrons. The number of carbonyl (C=O) groups is 1. The lowest BCUT2D eigenvalue weighted by Crippen LogP contribution is -2.00. The van der Waals surface area contributed by atoms with Gasteiger partial charge in [0.15, 0.2) is 0 Å². The van der Waals surface area contributed by atoms with Crippen molar-refractivity contribution in [2.45, 2.75) is 4.90 Å². The van der Waals surface area contributed by atoms with E-state index in [9.17, 15) is 4.79 Å². The molecule has 0 aliphatic rings. The lowest BCUT2D eigenvalue weighted by molar-refractivity contribution is 0.0600. The minimum absolute atomic E-state index is 0.350. The van der Waals surface area contributed by atoms with Gasteiger partial charge in [-0.1, -0.05) is 18.2 Å². The molecule has 0 heterocycles. The Morgan fingerprint density at radius 3 is 2.82 bits per heavy atom. The molecular formula is C8H7O2S-. The summed E-state index contributed by atoms with van der Waals surface area (Å²) in [5.41, 5.74) is 0.500. The summed E-state index contributed by atoms with van der Waals surface area (Å²) >= 11 is 4.86. The molecule has 0 aliphatic heterocycles. The van der Waals surface area contributed by atoms with Crippen LogP contribution >= 0.6 is 0 Å². The van der Waals surface area contributed by atoms with Crippen LogP contribution in [0.1, 0.15) is 10.4 Å². The van der Waals surface area contributed by atoms with Crippen molar-refractivity contribution >= 4 is 18.6 Å². The van der Waals surface area contributed by atoms with Gasteiger partial charge in [0.1, 0.15) is 0 Å². The minimum Gasteiger partial charge on any atom is -0.780 e. The Kier molecular flexibility index (Phi) is 2.44. The molecule has 0 saturated carbocycles. The Hall–Kier alpha value is -1.09. The molecule has 0 radical (unpaired) electrons. The summed E-state index contributed by atoms with van der Waals surface area (Å²) in [6.45, 7) is 0. The van der Waals surface area contributed by atoms with Gasteiger partial charge < -0.3 is 17.4 Å². The zero-order valence-electron chi connectivity index (χ0n) is 6.03. The first-order chi connectivity index (χ1) is 5.24. The highest BCUT2D eigenvalue weighted by Crippen LogP contribution is 2.04. The van der Waals surface area contributed by atoms with Crippen LogP contribution in [0, 0.1) is 0 Å². The Bertz CT molecular complexity index is 271. The maximum absolute atomic E-state index is 10.9. The molecule has 0 atom stereocenters. The summed E-state index contributed by atoms with van der Waals surface area (Å²) in [7, 11) is 1.35. The normalized spacial score (nSPS) is 9.18. The van der Waals surface area contributed by atoms with Gasteiger partial charge >= 0.3 is 5.97 Å². The van der Waals surface area contributed by atoms with Gasteiger partial charge in [-0.05, 0) is 6.07 Å². The number of hydrogen-bond donors (Lipinski definition) is 0. The van der Waals surface area contributed by atoms with Gasteiger partial charge in [-0.15, -0.1) is 0 Å². The Labute approximate surface area is 70.6 Å². The predicted octanol–water partition coefficient (Wildman–Crippen LogP) is 1.38. The highest BCUT2D eigenvalue weighted by atomic mass is 32.1. The summed E-state index contributed by atoms with van der Waals surface area (Å²) < 4.78 is 4.51. The topological polar surface area (TPSA) is 26.3 Å². The summed E-state index contributed by atoms with van der Waals surface area (Å²) in [4.78, 5) is 11.5. The fraction of sp³-hybridized carbons (Fsp3) is 0.125. The molecule has 0 spiro atoms. The third-order valence-corrected chi connectivity index (χ3v) is 1.51. The molecule has 0 unspecified atom stereocenters. The van der Waals surface area contributed by atoms with E-state index < -0.39 is 0 Å². The van der Waals surface area contributed by atoms with Gasteiger partial charge in [0, 0.05) is 0 Å². The van der Waals surface area contributed by atoms with E-state index >= 15 is 0 Å². The van der Waals surface area contributed by atoms with Gasteiger partial charge in [-0.2, -0.15) is 4.90 Å². The van der Waals surface area contributed by atoms with Crippen LogP contribution in [0.4, 0.5) is 0 Å². The van der Waals surface area contributed by atoms with Crippen molar-refractivity contribution in [2.24, 2.45) is 0 Å². The molecule has 0 bridgehead atoms. The molecule has 0 amide bonds. The lowest BCUT2D eigenvalue weighted by Gasteiger charge is -2.05. The number of carbonyl (C=O) groups excluding carboxylic acids is 1. The predicted molar refractivity (Wildman–Crippen MR) is 43.4 cm³/mol. The van der Waals surface area contributed by atoms with Crippen molar-refractivity contribution in [1.82, 2.24) is 0 Å². The minimum atomic E-state index is -0.350. The van der Waals surface area contributed by atoms with E-state index in [0.29, 0.717) is 10.5 Å². The molecule has 0 aromatic heterocycles. The number of rotatable bonds is 1. The molecule has 0 fully saturated rings. The molecule has 1 aromatic rings. The summed E-state index contributed by atoms with van der Waals surface area (Å²) in [6, 6.07) is 6.76. The summed E-state index contributed by atoms with van der Waals surface area (Å²) in [5, 5.41) is 0. The van der Waals surface area contributed by atoms with Crippen LogP contribution < -0.4 is 0 Å². The Morgan fingerprint density at radius 1 is 1.55 bits per heavy atom. The van der Waals surface area contributed by atoms with E-state index in [1.54, 1.807) is 24.3 Å². The van der Waals surface area contributed by atoms with E-state index in [1.165, 1.54) is 7.11 Å². The monoisotopic (exact) mass is 167 g/mol. The van der Waals surface area contributed by atoms with E-state index in [4.69, 9.17) is 12.6 Å². The second kappa shape index (κ2) is 3.34. The maximum Gasteiger partial charge on any atom is 0.337 e. The van der Waals surface area contributed by atoms with Gasteiger partial charge in [-0.25, -0.2) is 4.79 Å². The molecular weight excluding hydrogens is 160 g/mol. The molecule has 11 heavy (non-hydrogen) atoms. The molecule has 1 aromatic carbocycles. The van der Waals surface area contributed by atoms with Crippen molar-refractivity contribution in [3.05, 3.63) is 29.8 Å². The molecule has 3 heteroatoms. The first-order valence-electron chi connectivity index (χ1n) is 3.09. The zero-order chi connectivity index (χ0) is 8.27. The number of methoxy groups -OCH3 is 1. The Balaban J connectivity index is 2.96. The Morgan fingerprint density at radius 2 is 2.27 bits per heavy atom. The van der Waals surface area contributed by atoms with Crippen LogP contribution in [-0.2, 0) is 17.4 Å². The molecule has 1 rings (SSSR count). The number of benzene rings is 1. The van der Waals surface area contributed by atoms with Crippen molar-refractivity contribution in [2.75, 3.05) is 7.11 Å². The first-order valence-corrected chi connectivity index (χ1v) is 3.50. The van der Waals surface area contributed by atoms with E-state index in [1.807, 2.05) is 0 Å². The molecule has 0 saturated heterocycles. The van der Waals surface area contributed by atoms with Crippen molar-refractivity contribution in [3.63, 3.8) is 0 Å². The van der Waals surface area contributed by atoms with Gasteiger partial charge in [0.2, 0.25) is 0 Å². The van der Waals surface area contributed by atoms with Gasteiger partial charge in [-0.3, -0.25) is 0 Å². The second-order valence-electron chi connectivity index (χ2n) is 2.02. The summed E-state index contributed by atoms with van der Waals surface area (Å²) in [6.07, 6.45) is 0. The number of hydrogen-bond acceptors (Lipinski definition) is 3. The second-order valence-corrected chi connectivity index (χ2v) is 2.49. The highest BCUT2D eigenvalue weighted by molar-refractivity contribution is 7.58. The van der Waals surface area contributed by atoms with Crippen molar-refractivity contribution < 1.29 is 9.53 Å². The highest BCUT2D eigenvalue weighted by Gasteiger charge is 2.01. The van der Waals surface area contributed by atoms with E-state index in [2.05, 4.69) is 4.74 Å². The van der Waals surface area contributed by atoms with Crippen LogP contribution in [0.15, 0.2) is 29.2 Å². The SMILES string of the molecule is COC(=O)c1cccc([S-])c1. The van der Waals surface area contributed by atoms with Crippen LogP contribution in [-0.4, -0.2) is 13.1 Å². The molecule has 0 aliphatic carbocycles.